The van der Waals surface area contributed by atoms with Gasteiger partial charge in [0.15, 0.2) is 0 Å². The number of aliphatic hydroxyl groups excluding tert-OH is 3. The van der Waals surface area contributed by atoms with Gasteiger partial charge in [0.2, 0.25) is 5.91 Å². The summed E-state index contributed by atoms with van der Waals surface area (Å²) in [5, 5.41) is 33.8. The van der Waals surface area contributed by atoms with Crippen LogP contribution in [-0.2, 0) is 11.2 Å². The van der Waals surface area contributed by atoms with Gasteiger partial charge in [-0.3, -0.25) is 4.79 Å². The van der Waals surface area contributed by atoms with Crippen LogP contribution in [0.2, 0.25) is 0 Å². The van der Waals surface area contributed by atoms with Gasteiger partial charge < -0.3 is 20.6 Å². The van der Waals surface area contributed by atoms with Gasteiger partial charge in [0.05, 0.1) is 18.3 Å². The lowest BCUT2D eigenvalue weighted by molar-refractivity contribution is -0.121. The van der Waals surface area contributed by atoms with Crippen molar-refractivity contribution >= 4 is 5.91 Å². The number of aliphatic hydroxyl groups is 3. The maximum Gasteiger partial charge on any atom is 0.219 e. The summed E-state index contributed by atoms with van der Waals surface area (Å²) in [4.78, 5) is 11.4. The number of carbonyl (C=O) groups excluding carboxylic acids is 1. The van der Waals surface area contributed by atoms with Crippen LogP contribution >= 0.6 is 0 Å². The Morgan fingerprint density at radius 3 is 2.70 bits per heavy atom. The molecule has 0 saturated heterocycles. The van der Waals surface area contributed by atoms with E-state index >= 15 is 0 Å². The van der Waals surface area contributed by atoms with Crippen LogP contribution in [0.5, 0.6) is 0 Å². The van der Waals surface area contributed by atoms with Crippen LogP contribution in [0.3, 0.4) is 0 Å². The zero-order valence-electron chi connectivity index (χ0n) is 18.0. The van der Waals surface area contributed by atoms with E-state index in [0.717, 1.165) is 19.3 Å². The molecule has 1 aromatic carbocycles. The normalized spacial score (nSPS) is 25.2. The molecular formula is C25H37NO4. The predicted molar refractivity (Wildman–Crippen MR) is 120 cm³/mol. The molecule has 2 rings (SSSR count). The number of allylic oxidation sites excluding steroid dienone is 2. The Morgan fingerprint density at radius 1 is 1.20 bits per heavy atom. The summed E-state index contributed by atoms with van der Waals surface area (Å²) in [6.45, 7) is 2.57. The molecule has 1 aliphatic rings. The molecular weight excluding hydrogens is 378 g/mol. The third-order valence-electron chi connectivity index (χ3n) is 5.77. The zero-order chi connectivity index (χ0) is 21.8. The molecule has 4 N–H and O–H groups in total. The molecule has 0 spiro atoms. The van der Waals surface area contributed by atoms with Crippen LogP contribution in [0.4, 0.5) is 0 Å². The first-order valence-corrected chi connectivity index (χ1v) is 11.2. The Morgan fingerprint density at radius 2 is 1.97 bits per heavy atom. The minimum atomic E-state index is -0.589. The van der Waals surface area contributed by atoms with E-state index in [0.29, 0.717) is 32.2 Å². The lowest BCUT2D eigenvalue weighted by Crippen LogP contribution is -2.21. The van der Waals surface area contributed by atoms with Crippen molar-refractivity contribution in [3.63, 3.8) is 0 Å². The van der Waals surface area contributed by atoms with Crippen molar-refractivity contribution in [1.29, 1.82) is 0 Å². The highest BCUT2D eigenvalue weighted by Gasteiger charge is 2.39. The second kappa shape index (κ2) is 13.4. The molecule has 5 nitrogen and oxygen atoms in total. The molecule has 5 heteroatoms. The van der Waals surface area contributed by atoms with Crippen molar-refractivity contribution < 1.29 is 20.1 Å². The molecule has 166 valence electrons. The topological polar surface area (TPSA) is 89.8 Å². The molecule has 0 unspecified atom stereocenters. The Hall–Kier alpha value is -1.95. The lowest BCUT2D eigenvalue weighted by Gasteiger charge is -2.19. The van der Waals surface area contributed by atoms with Crippen LogP contribution in [0, 0.1) is 11.8 Å². The van der Waals surface area contributed by atoms with Gasteiger partial charge in [-0.2, -0.15) is 0 Å². The molecule has 0 bridgehead atoms. The second-order valence-corrected chi connectivity index (χ2v) is 8.14. The number of carbonyl (C=O) groups is 1. The fourth-order valence-corrected chi connectivity index (χ4v) is 4.06. The summed E-state index contributed by atoms with van der Waals surface area (Å²) >= 11 is 0. The smallest absolute Gasteiger partial charge is 0.219 e. The molecule has 1 fully saturated rings. The number of unbranched alkanes of at least 4 members (excludes halogenated alkanes) is 1. The van der Waals surface area contributed by atoms with Gasteiger partial charge in [0, 0.05) is 25.3 Å². The fourth-order valence-electron chi connectivity index (χ4n) is 4.06. The largest absolute Gasteiger partial charge is 0.393 e. The SMILES string of the molecule is CCNC(=O)CCC/C=C/C[C@H]1[C@@H](/C=C/[C@H](O)CCc2ccccc2)[C@H](O)C[C@H]1O. The third-order valence-corrected chi connectivity index (χ3v) is 5.77. The summed E-state index contributed by atoms with van der Waals surface area (Å²) in [5.41, 5.74) is 1.19. The molecule has 1 amide bonds. The van der Waals surface area contributed by atoms with Crippen LogP contribution in [0.1, 0.15) is 51.0 Å². The number of amides is 1. The first kappa shape index (κ1) is 24.3. The average molecular weight is 416 g/mol. The van der Waals surface area contributed by atoms with E-state index in [1.165, 1.54) is 5.56 Å². The number of benzene rings is 1. The van der Waals surface area contributed by atoms with E-state index in [1.54, 1.807) is 6.08 Å². The lowest BCUT2D eigenvalue weighted by atomic mass is 9.89. The van der Waals surface area contributed by atoms with Crippen LogP contribution in [0.25, 0.3) is 0 Å². The van der Waals surface area contributed by atoms with Crippen molar-refractivity contribution in [3.05, 3.63) is 60.2 Å². The molecule has 0 aliphatic heterocycles. The van der Waals surface area contributed by atoms with Gasteiger partial charge in [-0.15, -0.1) is 0 Å². The van der Waals surface area contributed by atoms with E-state index in [9.17, 15) is 20.1 Å². The molecule has 0 radical (unpaired) electrons. The van der Waals surface area contributed by atoms with Crippen molar-refractivity contribution in [1.82, 2.24) is 5.32 Å². The van der Waals surface area contributed by atoms with E-state index in [-0.39, 0.29) is 17.7 Å². The highest BCUT2D eigenvalue weighted by Crippen LogP contribution is 2.36. The minimum Gasteiger partial charge on any atom is -0.393 e. The standard InChI is InChI=1S/C25H37NO4/c1-2-26-25(30)13-9-4-3-8-12-21-22(24(29)18-23(21)28)17-16-20(27)15-14-19-10-6-5-7-11-19/h3,5-8,10-11,16-17,20-24,27-29H,2,4,9,12-15,18H2,1H3,(H,26,30)/b8-3+,17-16+/t20-,21+,22-,23-,24-/m1/s1. The molecule has 1 aromatic rings. The van der Waals surface area contributed by atoms with Crippen LogP contribution < -0.4 is 5.32 Å². The molecule has 1 saturated carbocycles. The van der Waals surface area contributed by atoms with Gasteiger partial charge in [-0.25, -0.2) is 0 Å². The maximum atomic E-state index is 11.4. The van der Waals surface area contributed by atoms with E-state index in [2.05, 4.69) is 5.32 Å². The van der Waals surface area contributed by atoms with Crippen molar-refractivity contribution in [3.8, 4) is 0 Å². The highest BCUT2D eigenvalue weighted by molar-refractivity contribution is 5.75. The minimum absolute atomic E-state index is 0.0581. The average Bonchev–Trinajstić information content (AvgIpc) is 3.00. The summed E-state index contributed by atoms with van der Waals surface area (Å²) in [6, 6.07) is 10.1. The van der Waals surface area contributed by atoms with E-state index < -0.39 is 18.3 Å². The Bertz CT molecular complexity index is 673. The van der Waals surface area contributed by atoms with Gasteiger partial charge in [-0.05, 0) is 50.5 Å². The van der Waals surface area contributed by atoms with Gasteiger partial charge in [-0.1, -0.05) is 54.6 Å². The second-order valence-electron chi connectivity index (χ2n) is 8.14. The monoisotopic (exact) mass is 415 g/mol. The highest BCUT2D eigenvalue weighted by atomic mass is 16.3. The molecule has 5 atom stereocenters. The fraction of sp³-hybridized carbons (Fsp3) is 0.560. The molecule has 0 heterocycles. The summed E-state index contributed by atoms with van der Waals surface area (Å²) in [5.74, 6) is -0.139. The number of aryl methyl sites for hydroxylation is 1. The first-order chi connectivity index (χ1) is 14.5. The third kappa shape index (κ3) is 8.42. The maximum absolute atomic E-state index is 11.4. The van der Waals surface area contributed by atoms with Crippen molar-refractivity contribution in [2.45, 2.75) is 70.2 Å². The van der Waals surface area contributed by atoms with E-state index in [1.807, 2.05) is 55.5 Å². The Balaban J connectivity index is 1.78. The van der Waals surface area contributed by atoms with Gasteiger partial charge in [0.25, 0.3) is 0 Å². The van der Waals surface area contributed by atoms with Crippen LogP contribution in [-0.4, -0.2) is 46.1 Å². The van der Waals surface area contributed by atoms with Crippen molar-refractivity contribution in [2.24, 2.45) is 11.8 Å². The van der Waals surface area contributed by atoms with E-state index in [4.69, 9.17) is 0 Å². The Labute approximate surface area is 180 Å². The van der Waals surface area contributed by atoms with Crippen molar-refractivity contribution in [2.75, 3.05) is 6.54 Å². The first-order valence-electron chi connectivity index (χ1n) is 11.2. The molecule has 1 aliphatic carbocycles. The summed E-state index contributed by atoms with van der Waals surface area (Å²) in [6.07, 6.45) is 10.6. The van der Waals surface area contributed by atoms with Crippen LogP contribution in [0.15, 0.2) is 54.6 Å². The molecule has 30 heavy (non-hydrogen) atoms. The predicted octanol–water partition coefficient (Wildman–Crippen LogP) is 3.15. The summed E-state index contributed by atoms with van der Waals surface area (Å²) in [7, 11) is 0. The van der Waals surface area contributed by atoms with Gasteiger partial charge >= 0.3 is 0 Å². The quantitative estimate of drug-likeness (QED) is 0.312. The Kier molecular flexibility index (Phi) is 10.8. The number of rotatable bonds is 12. The number of hydrogen-bond acceptors (Lipinski definition) is 4. The molecule has 0 aromatic heterocycles. The summed E-state index contributed by atoms with van der Waals surface area (Å²) < 4.78 is 0. The van der Waals surface area contributed by atoms with Gasteiger partial charge in [0.1, 0.15) is 0 Å². The zero-order valence-corrected chi connectivity index (χ0v) is 18.0. The number of nitrogens with one attached hydrogen (secondary N) is 1. The number of hydrogen-bond donors (Lipinski definition) is 4.